The van der Waals surface area contributed by atoms with Crippen LogP contribution in [0.25, 0.3) is 0 Å². The number of allylic oxidation sites excluding steroid dienone is 2. The average Bonchev–Trinajstić information content (AvgIpc) is 2.45. The highest BCUT2D eigenvalue weighted by Gasteiger charge is 2.22. The summed E-state index contributed by atoms with van der Waals surface area (Å²) in [6.45, 7) is 7.20. The maximum Gasteiger partial charge on any atom is 0.215 e. The molecule has 0 fully saturated rings. The smallest absolute Gasteiger partial charge is 0.215 e. The number of rotatable bonds is 5. The highest BCUT2D eigenvalue weighted by Crippen LogP contribution is 2.41. The number of nitrogens with zero attached hydrogens (tertiary/aromatic N) is 1. The lowest BCUT2D eigenvalue weighted by molar-refractivity contribution is 0.606. The van der Waals surface area contributed by atoms with E-state index in [1.807, 2.05) is 0 Å². The fraction of sp³-hybridized carbons (Fsp3) is 0. The minimum atomic E-state index is -3.21. The van der Waals surface area contributed by atoms with E-state index in [1.54, 1.807) is 28.2 Å². The summed E-state index contributed by atoms with van der Waals surface area (Å²) in [7, 11) is -2.68. The number of hydrogen-bond donors (Lipinski definition) is 0. The van der Waals surface area contributed by atoms with Gasteiger partial charge < -0.3 is 4.44 Å². The van der Waals surface area contributed by atoms with Gasteiger partial charge in [-0.25, -0.2) is 8.42 Å². The summed E-state index contributed by atoms with van der Waals surface area (Å²) in [5.41, 5.74) is 0. The molecule has 1 aliphatic rings. The van der Waals surface area contributed by atoms with Crippen molar-refractivity contribution >= 4 is 27.3 Å². The van der Waals surface area contributed by atoms with Crippen molar-refractivity contribution in [2.45, 2.75) is 0 Å². The van der Waals surface area contributed by atoms with Gasteiger partial charge in [-0.2, -0.15) is 0 Å². The Morgan fingerprint density at radius 3 is 2.21 bits per heavy atom. The molecule has 2 unspecified atom stereocenters. The van der Waals surface area contributed by atoms with Crippen molar-refractivity contribution < 1.29 is 8.42 Å². The highest BCUT2D eigenvalue weighted by atomic mass is 32.2. The van der Waals surface area contributed by atoms with Crippen LogP contribution in [-0.4, -0.2) is 12.9 Å². The Hall–Kier alpha value is -0.430. The second-order valence-electron chi connectivity index (χ2n) is 2.38. The van der Waals surface area contributed by atoms with E-state index in [1.165, 1.54) is 5.41 Å². The third-order valence-electron chi connectivity index (χ3n) is 1.45. The Labute approximate surface area is 87.9 Å². The molecular weight excluding hydrogens is 236 g/mol. The largest absolute Gasteiger partial charge is 0.318 e. The zero-order valence-corrected chi connectivity index (χ0v) is 10.3. The monoisotopic (exact) mass is 247 g/mol. The van der Waals surface area contributed by atoms with Crippen LogP contribution in [0.2, 0.25) is 0 Å². The first-order chi connectivity index (χ1) is 6.61. The van der Waals surface area contributed by atoms with E-state index in [0.717, 1.165) is 0 Å². The van der Waals surface area contributed by atoms with E-state index in [2.05, 4.69) is 13.2 Å². The Bertz CT molecular complexity index is 388. The number of sulfone groups is 1. The molecule has 0 saturated heterocycles. The molecule has 0 aromatic carbocycles. The lowest BCUT2D eigenvalue weighted by Gasteiger charge is -2.20. The highest BCUT2D eigenvalue weighted by molar-refractivity contribution is 7.98. The van der Waals surface area contributed by atoms with Crippen molar-refractivity contribution in [1.29, 1.82) is 0 Å². The van der Waals surface area contributed by atoms with E-state index in [-0.39, 0.29) is 17.5 Å². The molecule has 0 aromatic heterocycles. The summed E-state index contributed by atoms with van der Waals surface area (Å²) in [4.78, 5) is 0. The van der Waals surface area contributed by atoms with Gasteiger partial charge in [0.2, 0.25) is 9.84 Å². The predicted molar refractivity (Wildman–Crippen MR) is 65.0 cm³/mol. The summed E-state index contributed by atoms with van der Waals surface area (Å²) >= 11 is 0. The van der Waals surface area contributed by atoms with Crippen molar-refractivity contribution in [2.24, 2.45) is 0 Å². The van der Waals surface area contributed by atoms with Crippen LogP contribution in [0.5, 0.6) is 0 Å². The van der Waals surface area contributed by atoms with Crippen molar-refractivity contribution in [1.82, 2.24) is 4.44 Å². The molecule has 0 amide bonds. The lowest BCUT2D eigenvalue weighted by Crippen LogP contribution is -2.08. The summed E-state index contributed by atoms with van der Waals surface area (Å²) in [5.74, 6) is 3.40. The molecule has 1 heterocycles. The van der Waals surface area contributed by atoms with Crippen LogP contribution in [0.4, 0.5) is 0 Å². The molecule has 0 bridgehead atoms. The van der Waals surface area contributed by atoms with E-state index in [9.17, 15) is 8.42 Å². The van der Waals surface area contributed by atoms with Crippen molar-refractivity contribution in [3.05, 3.63) is 47.4 Å². The molecule has 0 aromatic rings. The second kappa shape index (κ2) is 4.88. The van der Waals surface area contributed by atoms with Crippen molar-refractivity contribution in [3.63, 3.8) is 0 Å². The van der Waals surface area contributed by atoms with Gasteiger partial charge in [0.15, 0.2) is 0 Å². The summed E-state index contributed by atoms with van der Waals surface area (Å²) < 4.78 is 24.8. The maximum atomic E-state index is 11.5. The number of hydrogen-bond acceptors (Lipinski definition) is 3. The zero-order valence-electron chi connectivity index (χ0n) is 7.47. The molecule has 6 heteroatoms. The zero-order chi connectivity index (χ0) is 10.6. The van der Waals surface area contributed by atoms with Gasteiger partial charge in [0.25, 0.3) is 0 Å². The van der Waals surface area contributed by atoms with E-state index in [4.69, 9.17) is 0 Å². The third kappa shape index (κ3) is 2.54. The van der Waals surface area contributed by atoms with Crippen LogP contribution in [0.15, 0.2) is 47.4 Å². The predicted octanol–water partition coefficient (Wildman–Crippen LogP) is 2.55. The van der Waals surface area contributed by atoms with Crippen LogP contribution < -0.4 is 0 Å². The van der Waals surface area contributed by atoms with E-state index < -0.39 is 9.84 Å². The molecule has 1 aliphatic heterocycles. The van der Waals surface area contributed by atoms with Crippen LogP contribution in [0.3, 0.4) is 0 Å². The molecule has 0 radical (unpaired) electrons. The van der Waals surface area contributed by atoms with E-state index >= 15 is 0 Å². The maximum absolute atomic E-state index is 11.5. The van der Waals surface area contributed by atoms with Gasteiger partial charge in [-0.15, -0.1) is 0 Å². The SMILES string of the molecule is C=CPN(PC=C)C1=CC=CS1(=O)=O. The minimum Gasteiger partial charge on any atom is -0.318 e. The third-order valence-corrected chi connectivity index (χ3v) is 5.33. The van der Waals surface area contributed by atoms with E-state index in [0.29, 0.717) is 5.03 Å². The Morgan fingerprint density at radius 2 is 1.86 bits per heavy atom. The summed E-state index contributed by atoms with van der Waals surface area (Å²) in [6, 6.07) is 0. The van der Waals surface area contributed by atoms with Gasteiger partial charge in [-0.1, -0.05) is 24.8 Å². The molecule has 0 spiro atoms. The van der Waals surface area contributed by atoms with Gasteiger partial charge >= 0.3 is 0 Å². The quantitative estimate of drug-likeness (QED) is 0.700. The van der Waals surface area contributed by atoms with Gasteiger partial charge in [0, 0.05) is 22.9 Å². The van der Waals surface area contributed by atoms with Crippen LogP contribution in [0.1, 0.15) is 0 Å². The average molecular weight is 247 g/mol. The Morgan fingerprint density at radius 1 is 1.29 bits per heavy atom. The van der Waals surface area contributed by atoms with Crippen molar-refractivity contribution in [2.75, 3.05) is 0 Å². The van der Waals surface area contributed by atoms with Crippen molar-refractivity contribution in [3.8, 4) is 0 Å². The first-order valence-electron chi connectivity index (χ1n) is 3.79. The van der Waals surface area contributed by atoms with Crippen LogP contribution >= 0.6 is 17.5 Å². The molecule has 0 N–H and O–H groups in total. The van der Waals surface area contributed by atoms with Gasteiger partial charge in [0.1, 0.15) is 5.03 Å². The molecule has 0 aliphatic carbocycles. The molecule has 76 valence electrons. The minimum absolute atomic E-state index is 0.264. The van der Waals surface area contributed by atoms with Gasteiger partial charge in [-0.05, 0) is 12.2 Å². The molecule has 2 atom stereocenters. The summed E-state index contributed by atoms with van der Waals surface area (Å²) in [6.07, 6.45) is 3.14. The summed E-state index contributed by atoms with van der Waals surface area (Å²) in [5, 5.41) is 1.55. The molecular formula is C8H11NO2P2S. The topological polar surface area (TPSA) is 37.4 Å². The molecule has 1 rings (SSSR count). The van der Waals surface area contributed by atoms with Gasteiger partial charge in [0.05, 0.1) is 0 Å². The normalized spacial score (nSPS) is 19.3. The molecule has 3 nitrogen and oxygen atoms in total. The fourth-order valence-electron chi connectivity index (χ4n) is 0.938. The standard InChI is InChI=1S/C8H11NO2P2S/c1-3-12-9(13-4-2)8-6-5-7-14(8,10)11/h3-7,12-13H,1-2H2. The lowest BCUT2D eigenvalue weighted by atomic mass is 10.6. The van der Waals surface area contributed by atoms with Gasteiger partial charge in [-0.3, -0.25) is 0 Å². The molecule has 14 heavy (non-hydrogen) atoms. The first-order valence-corrected chi connectivity index (χ1v) is 7.39. The molecule has 0 saturated carbocycles. The Balaban J connectivity index is 2.90. The van der Waals surface area contributed by atoms with Crippen LogP contribution in [-0.2, 0) is 9.84 Å². The van der Waals surface area contributed by atoms with Crippen LogP contribution in [0, 0.1) is 0 Å². The first kappa shape index (κ1) is 11.6. The Kier molecular flexibility index (Phi) is 4.06. The fourth-order valence-corrected chi connectivity index (χ4v) is 4.58. The second-order valence-corrected chi connectivity index (χ2v) is 6.84.